The van der Waals surface area contributed by atoms with Crippen molar-refractivity contribution in [2.24, 2.45) is 5.41 Å². The Labute approximate surface area is 112 Å². The first-order valence-corrected chi connectivity index (χ1v) is 6.31. The summed E-state index contributed by atoms with van der Waals surface area (Å²) in [6, 6.07) is 4.82. The second-order valence-electron chi connectivity index (χ2n) is 5.54. The van der Waals surface area contributed by atoms with Crippen molar-refractivity contribution < 1.29 is 9.90 Å². The maximum Gasteiger partial charge on any atom is 0.326 e. The number of nitrogens with zero attached hydrogens (tertiary/aromatic N) is 3. The molecule has 0 radical (unpaired) electrons. The molecule has 0 spiro atoms. The lowest BCUT2D eigenvalue weighted by Gasteiger charge is -2.45. The topological polar surface area (TPSA) is 77.2 Å². The van der Waals surface area contributed by atoms with Crippen molar-refractivity contribution in [3.8, 4) is 6.07 Å². The van der Waals surface area contributed by atoms with Gasteiger partial charge in [0.05, 0.1) is 0 Å². The Morgan fingerprint density at radius 3 is 3.00 bits per heavy atom. The van der Waals surface area contributed by atoms with Crippen molar-refractivity contribution in [2.45, 2.75) is 32.7 Å². The molecular formula is C14H17N3O2. The molecule has 0 bridgehead atoms. The summed E-state index contributed by atoms with van der Waals surface area (Å²) < 4.78 is 0. The van der Waals surface area contributed by atoms with E-state index in [1.807, 2.05) is 24.8 Å². The van der Waals surface area contributed by atoms with E-state index in [4.69, 9.17) is 5.26 Å². The minimum Gasteiger partial charge on any atom is -0.480 e. The van der Waals surface area contributed by atoms with Gasteiger partial charge in [-0.3, -0.25) is 0 Å². The number of carboxylic acid groups (broad SMARTS) is 1. The van der Waals surface area contributed by atoms with Gasteiger partial charge in [0.25, 0.3) is 0 Å². The molecule has 0 aliphatic carbocycles. The monoisotopic (exact) mass is 259 g/mol. The van der Waals surface area contributed by atoms with Gasteiger partial charge < -0.3 is 10.0 Å². The largest absolute Gasteiger partial charge is 0.480 e. The fourth-order valence-electron chi connectivity index (χ4n) is 2.80. The van der Waals surface area contributed by atoms with E-state index in [2.05, 4.69) is 4.98 Å². The van der Waals surface area contributed by atoms with Gasteiger partial charge in [0.1, 0.15) is 17.8 Å². The van der Waals surface area contributed by atoms with Crippen LogP contribution < -0.4 is 4.90 Å². The molecule has 1 aliphatic heterocycles. The highest BCUT2D eigenvalue weighted by Crippen LogP contribution is 2.37. The lowest BCUT2D eigenvalue weighted by molar-refractivity contribution is -0.142. The molecule has 1 aromatic heterocycles. The minimum absolute atomic E-state index is 0.292. The van der Waals surface area contributed by atoms with Gasteiger partial charge in [0.2, 0.25) is 0 Å². The van der Waals surface area contributed by atoms with Crippen LogP contribution in [0.2, 0.25) is 0 Å². The van der Waals surface area contributed by atoms with Crippen LogP contribution in [-0.2, 0) is 4.79 Å². The van der Waals surface area contributed by atoms with Crippen molar-refractivity contribution >= 4 is 11.7 Å². The zero-order valence-corrected chi connectivity index (χ0v) is 11.1. The van der Waals surface area contributed by atoms with Crippen LogP contribution in [0.3, 0.4) is 0 Å². The van der Waals surface area contributed by atoms with Gasteiger partial charge in [0, 0.05) is 18.4 Å². The minimum atomic E-state index is -0.819. The van der Waals surface area contributed by atoms with Crippen molar-refractivity contribution in [1.82, 2.24) is 4.98 Å². The van der Waals surface area contributed by atoms with Crippen LogP contribution in [0.15, 0.2) is 18.3 Å². The maximum atomic E-state index is 11.6. The van der Waals surface area contributed by atoms with E-state index in [0.29, 0.717) is 12.2 Å². The number of carbonyl (C=O) groups is 1. The maximum absolute atomic E-state index is 11.6. The number of hydrogen-bond donors (Lipinski definition) is 1. The second kappa shape index (κ2) is 4.88. The number of aliphatic carboxylic acids is 1. The molecule has 0 amide bonds. The summed E-state index contributed by atoms with van der Waals surface area (Å²) in [6.07, 6.45) is 3.38. The first-order chi connectivity index (χ1) is 8.95. The summed E-state index contributed by atoms with van der Waals surface area (Å²) in [5.74, 6) is -0.819. The number of rotatable bonds is 2. The average Bonchev–Trinajstić information content (AvgIpc) is 2.37. The van der Waals surface area contributed by atoms with Gasteiger partial charge in [0.15, 0.2) is 0 Å². The molecule has 5 heteroatoms. The van der Waals surface area contributed by atoms with Gasteiger partial charge in [-0.1, -0.05) is 13.8 Å². The van der Waals surface area contributed by atoms with E-state index >= 15 is 0 Å². The number of hydrogen-bond acceptors (Lipinski definition) is 4. The van der Waals surface area contributed by atoms with Gasteiger partial charge in [-0.2, -0.15) is 5.26 Å². The Hall–Kier alpha value is -2.09. The quantitative estimate of drug-likeness (QED) is 0.879. The van der Waals surface area contributed by atoms with Crippen LogP contribution in [0.25, 0.3) is 0 Å². The molecule has 1 fully saturated rings. The highest BCUT2D eigenvalue weighted by Gasteiger charge is 2.42. The van der Waals surface area contributed by atoms with E-state index in [0.717, 1.165) is 18.5 Å². The van der Waals surface area contributed by atoms with Crippen LogP contribution in [0, 0.1) is 16.7 Å². The second-order valence-corrected chi connectivity index (χ2v) is 5.54. The lowest BCUT2D eigenvalue weighted by atomic mass is 9.76. The Bertz CT molecular complexity index is 534. The standard InChI is InChI=1S/C14H17N3O2/c1-14(2)5-3-7-17(12(14)13(18)19)11-4-6-16-10(8-11)9-15/h4,6,8,12H,3,5,7H2,1-2H3,(H,18,19). The number of piperidine rings is 1. The van der Waals surface area contributed by atoms with Gasteiger partial charge >= 0.3 is 5.97 Å². The molecule has 2 rings (SSSR count). The number of pyridine rings is 1. The van der Waals surface area contributed by atoms with Crippen LogP contribution in [0.4, 0.5) is 5.69 Å². The van der Waals surface area contributed by atoms with E-state index in [1.165, 1.54) is 0 Å². The normalized spacial score (nSPS) is 21.7. The summed E-state index contributed by atoms with van der Waals surface area (Å²) in [7, 11) is 0. The van der Waals surface area contributed by atoms with Crippen molar-refractivity contribution in [2.75, 3.05) is 11.4 Å². The smallest absolute Gasteiger partial charge is 0.326 e. The third-order valence-electron chi connectivity index (χ3n) is 3.70. The first-order valence-electron chi connectivity index (χ1n) is 6.31. The van der Waals surface area contributed by atoms with E-state index in [9.17, 15) is 9.90 Å². The average molecular weight is 259 g/mol. The Balaban J connectivity index is 2.41. The van der Waals surface area contributed by atoms with E-state index in [1.54, 1.807) is 18.3 Å². The van der Waals surface area contributed by atoms with Crippen LogP contribution in [0.1, 0.15) is 32.4 Å². The summed E-state index contributed by atoms with van der Waals surface area (Å²) in [6.45, 7) is 4.64. The summed E-state index contributed by atoms with van der Waals surface area (Å²) in [5, 5.41) is 18.4. The molecule has 1 N–H and O–H groups in total. The Morgan fingerprint density at radius 2 is 2.37 bits per heavy atom. The first kappa shape index (κ1) is 13.3. The third-order valence-corrected chi connectivity index (χ3v) is 3.70. The molecule has 5 nitrogen and oxygen atoms in total. The fraction of sp³-hybridized carbons (Fsp3) is 0.500. The summed E-state index contributed by atoms with van der Waals surface area (Å²) >= 11 is 0. The van der Waals surface area contributed by atoms with Crippen molar-refractivity contribution in [1.29, 1.82) is 5.26 Å². The molecule has 2 heterocycles. The molecular weight excluding hydrogens is 242 g/mol. The predicted octanol–water partition coefficient (Wildman–Crippen LogP) is 2.03. The Kier molecular flexibility index (Phi) is 3.43. The van der Waals surface area contributed by atoms with E-state index < -0.39 is 12.0 Å². The summed E-state index contributed by atoms with van der Waals surface area (Å²) in [4.78, 5) is 17.4. The number of carboxylic acids is 1. The molecule has 1 saturated heterocycles. The van der Waals surface area contributed by atoms with Gasteiger partial charge in [-0.05, 0) is 30.4 Å². The molecule has 1 unspecified atom stereocenters. The van der Waals surface area contributed by atoms with Crippen LogP contribution in [-0.4, -0.2) is 28.6 Å². The fourth-order valence-corrected chi connectivity index (χ4v) is 2.80. The van der Waals surface area contributed by atoms with Gasteiger partial charge in [-0.15, -0.1) is 0 Å². The number of anilines is 1. The molecule has 0 aromatic carbocycles. The SMILES string of the molecule is CC1(C)CCCN(c2ccnc(C#N)c2)C1C(=O)O. The van der Waals surface area contributed by atoms with Crippen molar-refractivity contribution in [3.63, 3.8) is 0 Å². The lowest BCUT2D eigenvalue weighted by Crippen LogP contribution is -2.54. The Morgan fingerprint density at radius 1 is 1.63 bits per heavy atom. The number of aromatic nitrogens is 1. The van der Waals surface area contributed by atoms with Crippen molar-refractivity contribution in [3.05, 3.63) is 24.0 Å². The number of nitriles is 1. The molecule has 19 heavy (non-hydrogen) atoms. The summed E-state index contributed by atoms with van der Waals surface area (Å²) in [5.41, 5.74) is 0.775. The molecule has 100 valence electrons. The molecule has 1 atom stereocenters. The zero-order chi connectivity index (χ0) is 14.0. The zero-order valence-electron chi connectivity index (χ0n) is 11.1. The predicted molar refractivity (Wildman–Crippen MR) is 70.7 cm³/mol. The van der Waals surface area contributed by atoms with E-state index in [-0.39, 0.29) is 5.41 Å². The van der Waals surface area contributed by atoms with Crippen LogP contribution >= 0.6 is 0 Å². The van der Waals surface area contributed by atoms with Crippen LogP contribution in [0.5, 0.6) is 0 Å². The highest BCUT2D eigenvalue weighted by atomic mass is 16.4. The third kappa shape index (κ3) is 2.53. The molecule has 1 aliphatic rings. The molecule has 1 aromatic rings. The highest BCUT2D eigenvalue weighted by molar-refractivity contribution is 5.79. The molecule has 0 saturated carbocycles. The van der Waals surface area contributed by atoms with Gasteiger partial charge in [-0.25, -0.2) is 9.78 Å².